The van der Waals surface area contributed by atoms with E-state index in [1.165, 1.54) is 24.3 Å². The number of aromatic nitrogens is 1. The first-order chi connectivity index (χ1) is 10.7. The normalized spacial score (nSPS) is 13.3. The van der Waals surface area contributed by atoms with Crippen LogP contribution in [0.15, 0.2) is 34.9 Å². The lowest BCUT2D eigenvalue weighted by atomic mass is 10.1. The highest BCUT2D eigenvalue weighted by Gasteiger charge is 2.19. The number of rotatable bonds is 7. The highest BCUT2D eigenvalue weighted by molar-refractivity contribution is 7.88. The maximum Gasteiger partial charge on any atom is 0.387 e. The van der Waals surface area contributed by atoms with Gasteiger partial charge in [0.05, 0.1) is 5.69 Å². The Hall–Kier alpha value is -2.00. The van der Waals surface area contributed by atoms with E-state index in [0.29, 0.717) is 11.3 Å². The van der Waals surface area contributed by atoms with Crippen LogP contribution in [-0.2, 0) is 15.8 Å². The van der Waals surface area contributed by atoms with Crippen molar-refractivity contribution >= 4 is 10.0 Å². The Balaban J connectivity index is 2.01. The van der Waals surface area contributed by atoms with Gasteiger partial charge in [-0.05, 0) is 31.5 Å². The monoisotopic (exact) mass is 346 g/mol. The van der Waals surface area contributed by atoms with Crippen LogP contribution >= 0.6 is 0 Å². The lowest BCUT2D eigenvalue weighted by Crippen LogP contribution is -2.28. The molecule has 2 rings (SSSR count). The summed E-state index contributed by atoms with van der Waals surface area (Å²) in [6.45, 7) is 0.437. The molecule has 0 fully saturated rings. The molecular weight excluding hydrogens is 330 g/mol. The number of sulfonamides is 1. The van der Waals surface area contributed by atoms with E-state index in [1.807, 2.05) is 0 Å². The Morgan fingerprint density at radius 1 is 1.30 bits per heavy atom. The number of hydrogen-bond acceptors (Lipinski definition) is 5. The Morgan fingerprint density at radius 2 is 1.96 bits per heavy atom. The zero-order valence-electron chi connectivity index (χ0n) is 12.5. The summed E-state index contributed by atoms with van der Waals surface area (Å²) in [5, 5.41) is 3.63. The van der Waals surface area contributed by atoms with E-state index in [1.54, 1.807) is 19.9 Å². The van der Waals surface area contributed by atoms with E-state index in [0.717, 1.165) is 0 Å². The molecule has 0 amide bonds. The van der Waals surface area contributed by atoms with Gasteiger partial charge in [0.25, 0.3) is 0 Å². The molecule has 0 saturated heterocycles. The van der Waals surface area contributed by atoms with Gasteiger partial charge in [0.15, 0.2) is 5.76 Å². The molecule has 0 radical (unpaired) electrons. The fraction of sp³-hybridized carbons (Fsp3) is 0.357. The maximum atomic E-state index is 12.1. The first-order valence-corrected chi connectivity index (χ1v) is 8.37. The second-order valence-electron chi connectivity index (χ2n) is 4.98. The van der Waals surface area contributed by atoms with Gasteiger partial charge in [-0.3, -0.25) is 0 Å². The van der Waals surface area contributed by atoms with Crippen LogP contribution in [0, 0.1) is 6.92 Å². The second-order valence-corrected chi connectivity index (χ2v) is 6.73. The van der Waals surface area contributed by atoms with Crippen molar-refractivity contribution in [3.63, 3.8) is 0 Å². The molecular formula is C14H16F2N2O4S. The van der Waals surface area contributed by atoms with Gasteiger partial charge >= 0.3 is 6.61 Å². The summed E-state index contributed by atoms with van der Waals surface area (Å²) in [5.74, 6) is -0.0797. The average Bonchev–Trinajstić information content (AvgIpc) is 2.82. The number of hydrogen-bond donors (Lipinski definition) is 1. The number of halogens is 2. The van der Waals surface area contributed by atoms with Crippen molar-refractivity contribution < 1.29 is 26.5 Å². The molecule has 1 atom stereocenters. The quantitative estimate of drug-likeness (QED) is 0.834. The largest absolute Gasteiger partial charge is 0.435 e. The molecule has 1 N–H and O–H groups in total. The fourth-order valence-corrected chi connectivity index (χ4v) is 3.26. The predicted octanol–water partition coefficient (Wildman–Crippen LogP) is 2.77. The number of alkyl halides is 2. The van der Waals surface area contributed by atoms with Crippen molar-refractivity contribution in [3.05, 3.63) is 47.3 Å². The lowest BCUT2D eigenvalue weighted by molar-refractivity contribution is -0.0498. The minimum absolute atomic E-state index is 0.0101. The van der Waals surface area contributed by atoms with Crippen molar-refractivity contribution in [2.75, 3.05) is 0 Å². The molecule has 0 aliphatic rings. The summed E-state index contributed by atoms with van der Waals surface area (Å²) in [7, 11) is -3.63. The van der Waals surface area contributed by atoms with Crippen LogP contribution in [0.4, 0.5) is 8.78 Å². The van der Waals surface area contributed by atoms with Gasteiger partial charge in [0.2, 0.25) is 10.0 Å². The van der Waals surface area contributed by atoms with E-state index in [4.69, 9.17) is 4.52 Å². The third-order valence-corrected chi connectivity index (χ3v) is 4.35. The van der Waals surface area contributed by atoms with Gasteiger partial charge in [-0.15, -0.1) is 0 Å². The number of ether oxygens (including phenoxy) is 1. The molecule has 6 nitrogen and oxygen atoms in total. The van der Waals surface area contributed by atoms with Gasteiger partial charge < -0.3 is 9.26 Å². The summed E-state index contributed by atoms with van der Waals surface area (Å²) in [6.07, 6.45) is 0. The van der Waals surface area contributed by atoms with Crippen LogP contribution < -0.4 is 9.46 Å². The third kappa shape index (κ3) is 5.29. The SMILES string of the molecule is Cc1cc(CS(=O)(=O)N[C@H](C)c2ccc(OC(F)F)cc2)on1. The van der Waals surface area contributed by atoms with Crippen LogP contribution in [-0.4, -0.2) is 20.2 Å². The van der Waals surface area contributed by atoms with Crippen molar-refractivity contribution in [1.29, 1.82) is 0 Å². The van der Waals surface area contributed by atoms with Crippen LogP contribution in [0.3, 0.4) is 0 Å². The summed E-state index contributed by atoms with van der Waals surface area (Å²) in [6, 6.07) is 6.75. The van der Waals surface area contributed by atoms with Crippen LogP contribution in [0.25, 0.3) is 0 Å². The molecule has 9 heteroatoms. The summed E-state index contributed by atoms with van der Waals surface area (Å²) in [5.41, 5.74) is 1.21. The van der Waals surface area contributed by atoms with Crippen LogP contribution in [0.2, 0.25) is 0 Å². The molecule has 0 spiro atoms. The highest BCUT2D eigenvalue weighted by atomic mass is 32.2. The first-order valence-electron chi connectivity index (χ1n) is 6.72. The standard InChI is InChI=1S/C14H16F2N2O4S/c1-9-7-13(22-17-9)8-23(19,20)18-10(2)11-3-5-12(6-4-11)21-14(15)16/h3-7,10,14,18H,8H2,1-2H3/t10-/m1/s1. The minimum atomic E-state index is -3.63. The van der Waals surface area contributed by atoms with Gasteiger partial charge in [0, 0.05) is 12.1 Å². The Bertz CT molecular complexity index is 744. The minimum Gasteiger partial charge on any atom is -0.435 e. The molecule has 2 aromatic rings. The Labute approximate surface area is 132 Å². The highest BCUT2D eigenvalue weighted by Crippen LogP contribution is 2.20. The number of nitrogens with zero attached hydrogens (tertiary/aromatic N) is 1. The van der Waals surface area contributed by atoms with Gasteiger partial charge in [0.1, 0.15) is 11.5 Å². The van der Waals surface area contributed by atoms with E-state index < -0.39 is 22.7 Å². The molecule has 1 aromatic heterocycles. The van der Waals surface area contributed by atoms with E-state index in [9.17, 15) is 17.2 Å². The van der Waals surface area contributed by atoms with E-state index in [2.05, 4.69) is 14.6 Å². The number of aryl methyl sites for hydroxylation is 1. The molecule has 23 heavy (non-hydrogen) atoms. The van der Waals surface area contributed by atoms with Gasteiger partial charge in [-0.2, -0.15) is 8.78 Å². The van der Waals surface area contributed by atoms with Crippen LogP contribution in [0.1, 0.15) is 30.0 Å². The first kappa shape index (κ1) is 17.4. The Morgan fingerprint density at radius 3 is 2.48 bits per heavy atom. The van der Waals surface area contributed by atoms with Crippen molar-refractivity contribution in [2.24, 2.45) is 0 Å². The molecule has 1 heterocycles. The molecule has 0 aliphatic carbocycles. The zero-order valence-corrected chi connectivity index (χ0v) is 13.3. The smallest absolute Gasteiger partial charge is 0.387 e. The number of nitrogens with one attached hydrogen (secondary N) is 1. The molecule has 0 unspecified atom stereocenters. The lowest BCUT2D eigenvalue weighted by Gasteiger charge is -2.14. The second kappa shape index (κ2) is 7.05. The van der Waals surface area contributed by atoms with Gasteiger partial charge in [-0.25, -0.2) is 13.1 Å². The topological polar surface area (TPSA) is 81.4 Å². The molecule has 1 aromatic carbocycles. The molecule has 0 bridgehead atoms. The summed E-state index contributed by atoms with van der Waals surface area (Å²) in [4.78, 5) is 0. The molecule has 0 aliphatic heterocycles. The van der Waals surface area contributed by atoms with Crippen molar-refractivity contribution in [1.82, 2.24) is 9.88 Å². The van der Waals surface area contributed by atoms with Crippen molar-refractivity contribution in [3.8, 4) is 5.75 Å². The average molecular weight is 346 g/mol. The summed E-state index contributed by atoms with van der Waals surface area (Å²) < 4.78 is 59.9. The molecule has 0 saturated carbocycles. The Kier molecular flexibility index (Phi) is 5.32. The van der Waals surface area contributed by atoms with E-state index >= 15 is 0 Å². The third-order valence-electron chi connectivity index (χ3n) is 2.97. The van der Waals surface area contributed by atoms with Gasteiger partial charge in [-0.1, -0.05) is 17.3 Å². The summed E-state index contributed by atoms with van der Waals surface area (Å²) >= 11 is 0. The van der Waals surface area contributed by atoms with E-state index in [-0.39, 0.29) is 17.3 Å². The van der Waals surface area contributed by atoms with Crippen molar-refractivity contribution in [2.45, 2.75) is 32.3 Å². The number of benzene rings is 1. The predicted molar refractivity (Wildman–Crippen MR) is 78.5 cm³/mol. The molecule has 126 valence electrons. The van der Waals surface area contributed by atoms with Crippen LogP contribution in [0.5, 0.6) is 5.75 Å². The zero-order chi connectivity index (χ0) is 17.0. The maximum absolute atomic E-state index is 12.1. The fourth-order valence-electron chi connectivity index (χ4n) is 1.99.